The molecule has 3 nitrogen and oxygen atoms in total. The third kappa shape index (κ3) is 1.57. The molecule has 1 aromatic rings. The molecular formula is C14H15N3. The minimum Gasteiger partial charge on any atom is -0.315 e. The van der Waals surface area contributed by atoms with Crippen LogP contribution in [0.1, 0.15) is 24.8 Å². The lowest BCUT2D eigenvalue weighted by molar-refractivity contribution is 0.440. The molecule has 0 bridgehead atoms. The van der Waals surface area contributed by atoms with Crippen molar-refractivity contribution in [3.05, 3.63) is 34.3 Å². The maximum Gasteiger partial charge on any atom is 0.0991 e. The highest BCUT2D eigenvalue weighted by Gasteiger charge is 2.30. The van der Waals surface area contributed by atoms with E-state index >= 15 is 0 Å². The summed E-state index contributed by atoms with van der Waals surface area (Å²) in [5, 5.41) is 14.6. The van der Waals surface area contributed by atoms with Gasteiger partial charge in [-0.15, -0.1) is 0 Å². The summed E-state index contributed by atoms with van der Waals surface area (Å²) in [4.78, 5) is 4.79. The molecule has 0 spiro atoms. The van der Waals surface area contributed by atoms with E-state index in [1.54, 1.807) is 0 Å². The van der Waals surface area contributed by atoms with Gasteiger partial charge in [0.2, 0.25) is 0 Å². The second-order valence-electron chi connectivity index (χ2n) is 4.73. The number of likely N-dealkylation sites (N-methyl/N-ethyl adjacent to an activating group) is 1. The van der Waals surface area contributed by atoms with Crippen molar-refractivity contribution in [2.45, 2.75) is 31.3 Å². The molecule has 17 heavy (non-hydrogen) atoms. The van der Waals surface area contributed by atoms with Crippen LogP contribution in [-0.2, 0) is 0 Å². The zero-order valence-electron chi connectivity index (χ0n) is 9.90. The summed E-state index contributed by atoms with van der Waals surface area (Å²) in [6.07, 6.45) is 3.52. The summed E-state index contributed by atoms with van der Waals surface area (Å²) in [6, 6.07) is 8.78. The first kappa shape index (κ1) is 10.5. The topological polar surface area (TPSA) is 48.2 Å². The van der Waals surface area contributed by atoms with Gasteiger partial charge in [-0.25, -0.2) is 0 Å². The van der Waals surface area contributed by atoms with Gasteiger partial charge in [0.25, 0.3) is 0 Å². The predicted molar refractivity (Wildman–Crippen MR) is 65.8 cm³/mol. The number of benzene rings is 1. The highest BCUT2D eigenvalue weighted by molar-refractivity contribution is 5.56. The largest absolute Gasteiger partial charge is 0.315 e. The molecule has 3 heteroatoms. The molecule has 1 aromatic carbocycles. The number of nitrogens with one attached hydrogen (secondary N) is 1. The Bertz CT molecular complexity index is 609. The maximum absolute atomic E-state index is 8.96. The first-order valence-corrected chi connectivity index (χ1v) is 6.12. The summed E-state index contributed by atoms with van der Waals surface area (Å²) in [7, 11) is 2.01. The second kappa shape index (κ2) is 3.97. The Labute approximate surface area is 100 Å². The summed E-state index contributed by atoms with van der Waals surface area (Å²) in [5.41, 5.74) is 2.15. The zero-order valence-corrected chi connectivity index (χ0v) is 9.90. The normalized spacial score (nSPS) is 25.8. The quantitative estimate of drug-likeness (QED) is 0.756. The van der Waals surface area contributed by atoms with E-state index in [1.165, 1.54) is 23.6 Å². The van der Waals surface area contributed by atoms with Crippen LogP contribution in [0.2, 0.25) is 0 Å². The molecule has 2 atom stereocenters. The number of nitriles is 1. The summed E-state index contributed by atoms with van der Waals surface area (Å²) in [5.74, 6) is 0. The Morgan fingerprint density at radius 3 is 3.12 bits per heavy atom. The van der Waals surface area contributed by atoms with Crippen molar-refractivity contribution in [1.29, 1.82) is 5.26 Å². The summed E-state index contributed by atoms with van der Waals surface area (Å²) >= 11 is 0. The van der Waals surface area contributed by atoms with E-state index in [1.807, 2.05) is 25.2 Å². The van der Waals surface area contributed by atoms with Crippen molar-refractivity contribution in [1.82, 2.24) is 5.32 Å². The van der Waals surface area contributed by atoms with Crippen LogP contribution in [0.3, 0.4) is 0 Å². The second-order valence-corrected chi connectivity index (χ2v) is 4.73. The molecule has 0 aromatic heterocycles. The van der Waals surface area contributed by atoms with E-state index in [2.05, 4.69) is 11.4 Å². The van der Waals surface area contributed by atoms with Gasteiger partial charge in [0.05, 0.1) is 23.0 Å². The standard InChI is InChI=1S/C14H15N3/c1-16-13-4-2-3-10-11-7-9(8-15)5-6-12(11)17-14(10)13/h5-7,13-14,16H,2-4H2,1H3/t13-,14+/m0/s1. The van der Waals surface area contributed by atoms with E-state index in [0.717, 1.165) is 17.3 Å². The first-order valence-electron chi connectivity index (χ1n) is 6.12. The van der Waals surface area contributed by atoms with Gasteiger partial charge in [-0.3, -0.25) is 4.99 Å². The molecule has 1 heterocycles. The third-order valence-corrected chi connectivity index (χ3v) is 3.82. The summed E-state index contributed by atoms with van der Waals surface area (Å²) < 4.78 is 0. The van der Waals surface area contributed by atoms with Gasteiger partial charge in [-0.05, 0) is 50.1 Å². The third-order valence-electron chi connectivity index (χ3n) is 3.82. The van der Waals surface area contributed by atoms with E-state index < -0.39 is 0 Å². The average molecular weight is 225 g/mol. The number of nitrogens with zero attached hydrogens (tertiary/aromatic N) is 2. The van der Waals surface area contributed by atoms with Crippen molar-refractivity contribution in [2.24, 2.45) is 4.99 Å². The van der Waals surface area contributed by atoms with Crippen molar-refractivity contribution in [3.8, 4) is 6.07 Å². The van der Waals surface area contributed by atoms with Gasteiger partial charge in [-0.1, -0.05) is 0 Å². The minimum atomic E-state index is 0.290. The molecule has 1 N–H and O–H groups in total. The number of fused-ring (bicyclic) bond motifs is 2. The van der Waals surface area contributed by atoms with Crippen molar-refractivity contribution in [3.63, 3.8) is 0 Å². The van der Waals surface area contributed by atoms with Crippen LogP contribution in [0.5, 0.6) is 0 Å². The molecule has 86 valence electrons. The molecule has 1 saturated carbocycles. The fourth-order valence-electron chi connectivity index (χ4n) is 2.95. The van der Waals surface area contributed by atoms with E-state index in [0.29, 0.717) is 6.04 Å². The first-order chi connectivity index (χ1) is 8.33. The SMILES string of the molecule is CN[C@H]1CCCC2=c3cc(C#N)ccc3=N[C@H]21. The minimum absolute atomic E-state index is 0.290. The smallest absolute Gasteiger partial charge is 0.0991 e. The Balaban J connectivity index is 2.19. The zero-order chi connectivity index (χ0) is 11.8. The van der Waals surface area contributed by atoms with Crippen LogP contribution < -0.4 is 15.9 Å². The molecule has 2 aliphatic rings. The molecule has 0 unspecified atom stereocenters. The molecule has 1 fully saturated rings. The number of hydrogen-bond donors (Lipinski definition) is 1. The molecule has 0 saturated heterocycles. The van der Waals surface area contributed by atoms with Gasteiger partial charge < -0.3 is 5.32 Å². The number of hydrogen-bond acceptors (Lipinski definition) is 3. The van der Waals surface area contributed by atoms with Crippen molar-refractivity contribution in [2.75, 3.05) is 7.05 Å². The lowest BCUT2D eigenvalue weighted by atomic mass is 9.86. The highest BCUT2D eigenvalue weighted by Crippen LogP contribution is 2.27. The fourth-order valence-corrected chi connectivity index (χ4v) is 2.95. The fraction of sp³-hybridized carbons (Fsp3) is 0.429. The van der Waals surface area contributed by atoms with E-state index in [4.69, 9.17) is 10.3 Å². The van der Waals surface area contributed by atoms with Gasteiger partial charge in [0.1, 0.15) is 0 Å². The molecule has 1 aliphatic carbocycles. The monoisotopic (exact) mass is 225 g/mol. The van der Waals surface area contributed by atoms with Gasteiger partial charge in [0, 0.05) is 11.3 Å². The van der Waals surface area contributed by atoms with Crippen LogP contribution in [0, 0.1) is 11.3 Å². The average Bonchev–Trinajstić information content (AvgIpc) is 2.76. The van der Waals surface area contributed by atoms with Crippen LogP contribution in [0.25, 0.3) is 5.57 Å². The summed E-state index contributed by atoms with van der Waals surface area (Å²) in [6.45, 7) is 0. The van der Waals surface area contributed by atoms with Crippen molar-refractivity contribution >= 4 is 5.57 Å². The van der Waals surface area contributed by atoms with E-state index in [9.17, 15) is 0 Å². The van der Waals surface area contributed by atoms with Gasteiger partial charge in [-0.2, -0.15) is 5.26 Å². The molecule has 1 aliphatic heterocycles. The Hall–Kier alpha value is -1.66. The Kier molecular flexibility index (Phi) is 2.45. The molecular weight excluding hydrogens is 210 g/mol. The molecule has 0 amide bonds. The lowest BCUT2D eigenvalue weighted by Crippen LogP contribution is -2.39. The Morgan fingerprint density at radius 1 is 1.47 bits per heavy atom. The Morgan fingerprint density at radius 2 is 2.35 bits per heavy atom. The predicted octanol–water partition coefficient (Wildman–Crippen LogP) is 0.483. The molecule has 0 radical (unpaired) electrons. The maximum atomic E-state index is 8.96. The van der Waals surface area contributed by atoms with Crippen LogP contribution in [0.4, 0.5) is 0 Å². The van der Waals surface area contributed by atoms with Crippen LogP contribution in [-0.4, -0.2) is 19.1 Å². The number of rotatable bonds is 1. The van der Waals surface area contributed by atoms with Crippen LogP contribution >= 0.6 is 0 Å². The van der Waals surface area contributed by atoms with Crippen molar-refractivity contribution < 1.29 is 0 Å². The van der Waals surface area contributed by atoms with Crippen LogP contribution in [0.15, 0.2) is 23.2 Å². The highest BCUT2D eigenvalue weighted by atomic mass is 15.0. The van der Waals surface area contributed by atoms with Gasteiger partial charge in [0.15, 0.2) is 0 Å². The van der Waals surface area contributed by atoms with Gasteiger partial charge >= 0.3 is 0 Å². The molecule has 3 rings (SSSR count). The lowest BCUT2D eigenvalue weighted by Gasteiger charge is -2.28. The van der Waals surface area contributed by atoms with E-state index in [-0.39, 0.29) is 6.04 Å².